The molecule has 2 atom stereocenters. The minimum Gasteiger partial charge on any atom is -0.452 e. The number of hydrogen-bond donors (Lipinski definition) is 2. The molecule has 3 rings (SSSR count). The lowest BCUT2D eigenvalue weighted by atomic mass is 10.0. The molecule has 2 N–H and O–H groups in total. The Labute approximate surface area is 182 Å². The summed E-state index contributed by atoms with van der Waals surface area (Å²) in [7, 11) is 1.33. The van der Waals surface area contributed by atoms with Crippen LogP contribution in [0.5, 0.6) is 0 Å². The van der Waals surface area contributed by atoms with Gasteiger partial charge in [0.15, 0.2) is 0 Å². The molecule has 2 aromatic rings. The second-order valence-electron chi connectivity index (χ2n) is 6.78. The van der Waals surface area contributed by atoms with Crippen molar-refractivity contribution in [2.24, 2.45) is 5.92 Å². The molecule has 28 heavy (non-hydrogen) atoms. The van der Waals surface area contributed by atoms with Crippen LogP contribution in [-0.4, -0.2) is 44.0 Å². The number of rotatable bonds is 5. The number of benzene rings is 1. The third-order valence-electron chi connectivity index (χ3n) is 4.95. The van der Waals surface area contributed by atoms with Gasteiger partial charge in [-0.05, 0) is 43.4 Å². The molecule has 2 amide bonds. The van der Waals surface area contributed by atoms with E-state index in [1.54, 1.807) is 0 Å². The molecule has 1 aromatic heterocycles. The summed E-state index contributed by atoms with van der Waals surface area (Å²) in [5, 5.41) is 0. The minimum atomic E-state index is -0.942. The molecule has 9 heteroatoms. The first kappa shape index (κ1) is 21.2. The number of hydrogen-bond acceptors (Lipinski definition) is 4. The highest BCUT2D eigenvalue weighted by atomic mass is 127. The zero-order valence-corrected chi connectivity index (χ0v) is 19.8. The number of nitrogens with one attached hydrogen (secondary N) is 2. The number of halogens is 2. The van der Waals surface area contributed by atoms with Gasteiger partial charge in [-0.25, -0.2) is 9.78 Å². The molecule has 2 heterocycles. The smallest absolute Gasteiger partial charge is 0.415 e. The molecule has 0 spiro atoms. The number of aromatic amines is 1. The monoisotopic (exact) mass is 562 g/mol. The van der Waals surface area contributed by atoms with Gasteiger partial charge in [0.05, 0.1) is 27.7 Å². The lowest BCUT2D eigenvalue weighted by molar-refractivity contribution is -0.125. The maximum Gasteiger partial charge on any atom is 0.415 e. The van der Waals surface area contributed by atoms with E-state index in [1.807, 2.05) is 30.0 Å². The van der Waals surface area contributed by atoms with Gasteiger partial charge in [-0.2, -0.15) is 0 Å². The molecule has 0 unspecified atom stereocenters. The van der Waals surface area contributed by atoms with Gasteiger partial charge in [-0.1, -0.05) is 29.8 Å². The number of likely N-dealkylation sites (tertiary alicyclic amines) is 1. The average molecular weight is 563 g/mol. The Kier molecular flexibility index (Phi) is 7.08. The molecule has 0 bridgehead atoms. The molecule has 1 aliphatic heterocycles. The fraction of sp³-hybridized carbons (Fsp3) is 0.474. The van der Waals surface area contributed by atoms with E-state index in [-0.39, 0.29) is 17.9 Å². The molecular formula is C19H24BrIN4O3. The van der Waals surface area contributed by atoms with Crippen molar-refractivity contribution in [3.8, 4) is 0 Å². The first-order chi connectivity index (χ1) is 13.4. The molecule has 0 radical (unpaired) electrons. The molecule has 152 valence electrons. The number of fused-ring (bicyclic) bond motifs is 1. The fourth-order valence-electron chi connectivity index (χ4n) is 3.24. The van der Waals surface area contributed by atoms with Crippen molar-refractivity contribution >= 4 is 63.5 Å². The van der Waals surface area contributed by atoms with Gasteiger partial charge in [0.1, 0.15) is 5.82 Å². The Morgan fingerprint density at radius 3 is 3.00 bits per heavy atom. The molecular weight excluding hydrogens is 539 g/mol. The quantitative estimate of drug-likeness (QED) is 0.416. The Bertz CT molecular complexity index is 914. The second-order valence-corrected chi connectivity index (χ2v) is 9.93. The Balaban J connectivity index is 1.88. The zero-order chi connectivity index (χ0) is 20.3. The van der Waals surface area contributed by atoms with E-state index in [4.69, 9.17) is 4.98 Å². The number of aromatic nitrogens is 2. The van der Waals surface area contributed by atoms with Gasteiger partial charge in [-0.15, -0.1) is 0 Å². The molecule has 0 aliphatic carbocycles. The average Bonchev–Trinajstić information content (AvgIpc) is 3.33. The van der Waals surface area contributed by atoms with Crippen molar-refractivity contribution in [2.75, 3.05) is 13.7 Å². The number of methoxy groups -OCH3 is 1. The van der Waals surface area contributed by atoms with Crippen LogP contribution in [0.3, 0.4) is 0 Å². The maximum atomic E-state index is 13.4. The van der Waals surface area contributed by atoms with Gasteiger partial charge in [0, 0.05) is 32.0 Å². The van der Waals surface area contributed by atoms with Crippen LogP contribution in [0.15, 0.2) is 22.7 Å². The number of carbonyl (C=O) groups is 2. The van der Waals surface area contributed by atoms with Crippen molar-refractivity contribution < 1.29 is 14.3 Å². The van der Waals surface area contributed by atoms with Crippen molar-refractivity contribution in [1.82, 2.24) is 18.4 Å². The minimum absolute atomic E-state index is 0.0303. The van der Waals surface area contributed by atoms with Gasteiger partial charge >= 0.3 is 6.09 Å². The van der Waals surface area contributed by atoms with E-state index in [2.05, 4.69) is 36.1 Å². The standard InChI is InChI=1S/C19H24BrIN4O3/c1-4-11(2)16(21-24-19(27)28-3)18(26)25-9-5-6-15(25)17-22-13-8-7-12(20)10-14(13)23-17/h7-8,10-11,15H,4-6,9H2,1-3H3,(H,22,23)(H,24,27)/t11-,15+/m0/s1. The molecule has 1 aliphatic rings. The third kappa shape index (κ3) is 4.56. The highest BCUT2D eigenvalue weighted by molar-refractivity contribution is 14.2. The Morgan fingerprint density at radius 2 is 2.29 bits per heavy atom. The van der Waals surface area contributed by atoms with Crippen molar-refractivity contribution in [2.45, 2.75) is 39.2 Å². The van der Waals surface area contributed by atoms with Crippen LogP contribution in [0.2, 0.25) is 0 Å². The predicted molar refractivity (Wildman–Crippen MR) is 122 cm³/mol. The molecule has 1 saturated heterocycles. The summed E-state index contributed by atoms with van der Waals surface area (Å²) in [4.78, 5) is 34.9. The van der Waals surface area contributed by atoms with Crippen molar-refractivity contribution in [3.05, 3.63) is 28.5 Å². The number of H-pyrrole nitrogens is 1. The third-order valence-corrected chi connectivity index (χ3v) is 8.26. The van der Waals surface area contributed by atoms with Gasteiger partial charge in [0.25, 0.3) is 5.91 Å². The van der Waals surface area contributed by atoms with E-state index >= 15 is 0 Å². The number of amides is 2. The van der Waals surface area contributed by atoms with E-state index in [0.29, 0.717) is 6.54 Å². The summed E-state index contributed by atoms with van der Waals surface area (Å²) in [5.41, 5.74) is 1.85. The van der Waals surface area contributed by atoms with Crippen LogP contribution >= 0.6 is 36.9 Å². The van der Waals surface area contributed by atoms with Crippen LogP contribution in [0.4, 0.5) is 4.79 Å². The summed E-state index contributed by atoms with van der Waals surface area (Å²) >= 11 is 2.54. The lowest BCUT2D eigenvalue weighted by Gasteiger charge is -2.26. The van der Waals surface area contributed by atoms with Crippen molar-refractivity contribution in [3.63, 3.8) is 0 Å². The van der Waals surface area contributed by atoms with Crippen LogP contribution in [0.25, 0.3) is 11.0 Å². The molecule has 7 nitrogen and oxygen atoms in total. The maximum absolute atomic E-state index is 13.4. The van der Waals surface area contributed by atoms with E-state index in [9.17, 15) is 9.59 Å². The summed E-state index contributed by atoms with van der Waals surface area (Å²) in [6.07, 6.45) is 2.18. The summed E-state index contributed by atoms with van der Waals surface area (Å²) in [5.74, 6) is 0.967. The number of nitrogens with zero attached hydrogens (tertiary/aromatic N) is 2. The van der Waals surface area contributed by atoms with Crippen LogP contribution in [0.1, 0.15) is 45.0 Å². The van der Waals surface area contributed by atoms with E-state index in [1.165, 1.54) is 7.11 Å². The summed E-state index contributed by atoms with van der Waals surface area (Å²) in [6, 6.07) is 5.85. The molecule has 1 aromatic carbocycles. The van der Waals surface area contributed by atoms with E-state index < -0.39 is 27.1 Å². The predicted octanol–water partition coefficient (Wildman–Crippen LogP) is 4.45. The van der Waals surface area contributed by atoms with E-state index in [0.717, 1.165) is 44.1 Å². The first-order valence-corrected chi connectivity index (χ1v) is 12.2. The van der Waals surface area contributed by atoms with Gasteiger partial charge in [0.2, 0.25) is 0 Å². The summed E-state index contributed by atoms with van der Waals surface area (Å²) in [6.45, 7) is 4.79. The van der Waals surface area contributed by atoms with Gasteiger partial charge < -0.3 is 14.6 Å². The highest BCUT2D eigenvalue weighted by Crippen LogP contribution is 2.33. The first-order valence-electron chi connectivity index (χ1n) is 9.25. The normalized spacial score (nSPS) is 18.6. The number of imidazole rings is 1. The van der Waals surface area contributed by atoms with Gasteiger partial charge in [-0.3, -0.25) is 8.32 Å². The molecule has 0 saturated carbocycles. The molecule has 1 fully saturated rings. The topological polar surface area (TPSA) is 87.3 Å². The second kappa shape index (κ2) is 9.34. The Morgan fingerprint density at radius 1 is 1.50 bits per heavy atom. The largest absolute Gasteiger partial charge is 0.452 e. The van der Waals surface area contributed by atoms with Crippen LogP contribution in [0, 0.1) is 5.92 Å². The van der Waals surface area contributed by atoms with Crippen LogP contribution < -0.4 is 3.53 Å². The number of carbonyl (C=O) groups excluding carboxylic acids is 2. The fourth-order valence-corrected chi connectivity index (χ4v) is 5.85. The lowest BCUT2D eigenvalue weighted by Crippen LogP contribution is -2.38. The zero-order valence-electron chi connectivity index (χ0n) is 16.1. The van der Waals surface area contributed by atoms with Crippen molar-refractivity contribution in [1.29, 1.82) is 0 Å². The highest BCUT2D eigenvalue weighted by Gasteiger charge is 2.35. The Hall–Kier alpha value is -1.49. The number of ether oxygens (including phenoxy) is 1. The summed E-state index contributed by atoms with van der Waals surface area (Å²) < 4.78 is 9.23. The SMILES string of the molecule is CC[C@H](C)C(=INC(=O)OC)C(=O)N1CCC[C@@H]1c1nc2ccc(Br)cc2[nH]1. The van der Waals surface area contributed by atoms with Crippen LogP contribution in [-0.2, 0) is 9.53 Å².